The van der Waals surface area contributed by atoms with Crippen LogP contribution in [0.3, 0.4) is 0 Å². The largest absolute Gasteiger partial charge is 0.320 e. The molecular weight excluding hydrogens is 354 g/mol. The number of benzene rings is 2. The Hall–Kier alpha value is -0.640. The van der Waals surface area contributed by atoms with E-state index in [-0.39, 0.29) is 6.04 Å². The van der Waals surface area contributed by atoms with Crippen molar-refractivity contribution >= 4 is 31.9 Å². The molecule has 0 radical (unpaired) electrons. The highest BCUT2D eigenvalue weighted by atomic mass is 79.9. The average Bonchev–Trinajstić information content (AvgIpc) is 2.28. The van der Waals surface area contributed by atoms with Gasteiger partial charge in [0.25, 0.3) is 0 Å². The Balaban J connectivity index is 2.44. The second-order valence-electron chi connectivity index (χ2n) is 4.50. The normalized spacial score (nSPS) is 12.5. The van der Waals surface area contributed by atoms with Crippen LogP contribution in [0.15, 0.2) is 45.3 Å². The topological polar surface area (TPSA) is 26.0 Å². The van der Waals surface area contributed by atoms with Gasteiger partial charge < -0.3 is 5.73 Å². The molecule has 0 aliphatic carbocycles. The van der Waals surface area contributed by atoms with Crippen LogP contribution in [0.2, 0.25) is 0 Å². The minimum absolute atomic E-state index is 0.104. The predicted molar refractivity (Wildman–Crippen MR) is 83.8 cm³/mol. The summed E-state index contributed by atoms with van der Waals surface area (Å²) < 4.78 is 2.08. The molecule has 0 aliphatic heterocycles. The predicted octanol–water partition coefficient (Wildman–Crippen LogP) is 4.88. The third-order valence-electron chi connectivity index (χ3n) is 3.06. The number of rotatable bonds is 2. The molecule has 3 heteroatoms. The number of hydrogen-bond acceptors (Lipinski definition) is 1. The van der Waals surface area contributed by atoms with Gasteiger partial charge in [0, 0.05) is 8.95 Å². The molecule has 2 aromatic carbocycles. The summed E-state index contributed by atoms with van der Waals surface area (Å²) in [6, 6.07) is 12.4. The van der Waals surface area contributed by atoms with Crippen molar-refractivity contribution in [2.45, 2.75) is 19.9 Å². The van der Waals surface area contributed by atoms with Crippen LogP contribution in [0.5, 0.6) is 0 Å². The summed E-state index contributed by atoms with van der Waals surface area (Å²) in [4.78, 5) is 0. The van der Waals surface area contributed by atoms with Crippen molar-refractivity contribution in [2.75, 3.05) is 0 Å². The Morgan fingerprint density at radius 2 is 1.61 bits per heavy atom. The molecule has 2 aromatic rings. The smallest absolute Gasteiger partial charge is 0.0565 e. The van der Waals surface area contributed by atoms with Crippen molar-refractivity contribution < 1.29 is 0 Å². The van der Waals surface area contributed by atoms with Crippen LogP contribution in [-0.2, 0) is 0 Å². The summed E-state index contributed by atoms with van der Waals surface area (Å²) in [5.74, 6) is 0. The minimum atomic E-state index is -0.104. The molecule has 0 saturated carbocycles. The molecule has 1 nitrogen and oxygen atoms in total. The maximum Gasteiger partial charge on any atom is 0.0565 e. The monoisotopic (exact) mass is 367 g/mol. The van der Waals surface area contributed by atoms with E-state index in [4.69, 9.17) is 5.73 Å². The van der Waals surface area contributed by atoms with Crippen LogP contribution < -0.4 is 5.73 Å². The van der Waals surface area contributed by atoms with Gasteiger partial charge in [-0.25, -0.2) is 0 Å². The molecular formula is C15H15Br2N. The summed E-state index contributed by atoms with van der Waals surface area (Å²) in [6.07, 6.45) is 0. The molecule has 0 aromatic heterocycles. The molecule has 1 unspecified atom stereocenters. The molecule has 0 heterocycles. The summed E-state index contributed by atoms with van der Waals surface area (Å²) >= 11 is 7.03. The molecule has 1 atom stereocenters. The minimum Gasteiger partial charge on any atom is -0.320 e. The van der Waals surface area contributed by atoms with E-state index in [1.807, 2.05) is 12.1 Å². The summed E-state index contributed by atoms with van der Waals surface area (Å²) in [6.45, 7) is 4.20. The van der Waals surface area contributed by atoms with E-state index in [9.17, 15) is 0 Å². The first-order valence-electron chi connectivity index (χ1n) is 5.76. The molecule has 18 heavy (non-hydrogen) atoms. The van der Waals surface area contributed by atoms with Crippen LogP contribution in [0.25, 0.3) is 0 Å². The molecule has 0 saturated heterocycles. The Labute approximate surface area is 125 Å². The SMILES string of the molecule is Cc1ccc(C(N)c2ccc(Br)cc2Br)c(C)c1. The van der Waals surface area contributed by atoms with Crippen molar-refractivity contribution in [3.63, 3.8) is 0 Å². The first-order valence-corrected chi connectivity index (χ1v) is 7.35. The van der Waals surface area contributed by atoms with E-state index < -0.39 is 0 Å². The first kappa shape index (κ1) is 13.8. The van der Waals surface area contributed by atoms with Crippen molar-refractivity contribution in [3.05, 3.63) is 67.6 Å². The van der Waals surface area contributed by atoms with Gasteiger partial charge >= 0.3 is 0 Å². The molecule has 0 amide bonds. The maximum atomic E-state index is 6.37. The number of nitrogens with two attached hydrogens (primary N) is 1. The molecule has 94 valence electrons. The third kappa shape index (κ3) is 2.85. The van der Waals surface area contributed by atoms with E-state index >= 15 is 0 Å². The van der Waals surface area contributed by atoms with Gasteiger partial charge in [0.15, 0.2) is 0 Å². The molecule has 0 bridgehead atoms. The summed E-state index contributed by atoms with van der Waals surface area (Å²) in [5.41, 5.74) is 11.1. The molecule has 0 aliphatic rings. The number of aryl methyl sites for hydroxylation is 2. The zero-order valence-electron chi connectivity index (χ0n) is 10.4. The van der Waals surface area contributed by atoms with Crippen molar-refractivity contribution in [3.8, 4) is 0 Å². The van der Waals surface area contributed by atoms with Crippen LogP contribution in [0.4, 0.5) is 0 Å². The highest BCUT2D eigenvalue weighted by Gasteiger charge is 2.14. The fourth-order valence-electron chi connectivity index (χ4n) is 2.10. The highest BCUT2D eigenvalue weighted by molar-refractivity contribution is 9.11. The van der Waals surface area contributed by atoms with Gasteiger partial charge in [0.2, 0.25) is 0 Å². The van der Waals surface area contributed by atoms with Gasteiger partial charge in [-0.05, 0) is 42.7 Å². The van der Waals surface area contributed by atoms with Crippen molar-refractivity contribution in [1.82, 2.24) is 0 Å². The standard InChI is InChI=1S/C15H15Br2N/c1-9-3-5-12(10(2)7-9)15(18)13-6-4-11(16)8-14(13)17/h3-8,15H,18H2,1-2H3. The van der Waals surface area contributed by atoms with Gasteiger partial charge in [0.05, 0.1) is 6.04 Å². The first-order chi connectivity index (χ1) is 8.49. The molecule has 2 N–H and O–H groups in total. The van der Waals surface area contributed by atoms with Crippen molar-refractivity contribution in [2.24, 2.45) is 5.73 Å². The zero-order valence-corrected chi connectivity index (χ0v) is 13.5. The zero-order chi connectivity index (χ0) is 13.3. The van der Waals surface area contributed by atoms with Crippen LogP contribution in [0.1, 0.15) is 28.3 Å². The summed E-state index contributed by atoms with van der Waals surface area (Å²) in [5, 5.41) is 0. The van der Waals surface area contributed by atoms with E-state index in [0.717, 1.165) is 14.5 Å². The highest BCUT2D eigenvalue weighted by Crippen LogP contribution is 2.30. The number of halogens is 2. The van der Waals surface area contributed by atoms with E-state index in [1.54, 1.807) is 0 Å². The maximum absolute atomic E-state index is 6.37. The lowest BCUT2D eigenvalue weighted by Crippen LogP contribution is -2.14. The van der Waals surface area contributed by atoms with Crippen LogP contribution in [-0.4, -0.2) is 0 Å². The fourth-order valence-corrected chi connectivity index (χ4v) is 3.39. The summed E-state index contributed by atoms with van der Waals surface area (Å²) in [7, 11) is 0. The second kappa shape index (κ2) is 5.55. The molecule has 0 fully saturated rings. The third-order valence-corrected chi connectivity index (χ3v) is 4.24. The Morgan fingerprint density at radius 1 is 0.944 bits per heavy atom. The van der Waals surface area contributed by atoms with Crippen molar-refractivity contribution in [1.29, 1.82) is 0 Å². The Bertz CT molecular complexity index is 527. The van der Waals surface area contributed by atoms with Gasteiger partial charge in [-0.3, -0.25) is 0 Å². The van der Waals surface area contributed by atoms with Crippen LogP contribution >= 0.6 is 31.9 Å². The van der Waals surface area contributed by atoms with Gasteiger partial charge in [-0.2, -0.15) is 0 Å². The van der Waals surface area contributed by atoms with Gasteiger partial charge in [-0.15, -0.1) is 0 Å². The number of hydrogen-bond donors (Lipinski definition) is 1. The quantitative estimate of drug-likeness (QED) is 0.803. The van der Waals surface area contributed by atoms with Gasteiger partial charge in [-0.1, -0.05) is 61.7 Å². The molecule has 0 spiro atoms. The molecule has 2 rings (SSSR count). The lowest BCUT2D eigenvalue weighted by molar-refractivity contribution is 0.855. The van der Waals surface area contributed by atoms with E-state index in [1.165, 1.54) is 16.7 Å². The Kier molecular flexibility index (Phi) is 4.25. The second-order valence-corrected chi connectivity index (χ2v) is 6.27. The van der Waals surface area contributed by atoms with E-state index in [0.29, 0.717) is 0 Å². The van der Waals surface area contributed by atoms with E-state index in [2.05, 4.69) is 70.0 Å². The Morgan fingerprint density at radius 3 is 2.22 bits per heavy atom. The van der Waals surface area contributed by atoms with Gasteiger partial charge in [0.1, 0.15) is 0 Å². The van der Waals surface area contributed by atoms with Crippen LogP contribution in [0, 0.1) is 13.8 Å². The lowest BCUT2D eigenvalue weighted by atomic mass is 9.95. The lowest BCUT2D eigenvalue weighted by Gasteiger charge is -2.17. The fraction of sp³-hybridized carbons (Fsp3) is 0.200. The average molecular weight is 369 g/mol.